The lowest BCUT2D eigenvalue weighted by molar-refractivity contribution is -0.167. The summed E-state index contributed by atoms with van der Waals surface area (Å²) in [5, 5.41) is 0. The third-order valence-corrected chi connectivity index (χ3v) is 3.10. The van der Waals surface area contributed by atoms with Gasteiger partial charge in [-0.15, -0.1) is 0 Å². The van der Waals surface area contributed by atoms with Gasteiger partial charge in [0.2, 0.25) is 0 Å². The van der Waals surface area contributed by atoms with E-state index in [9.17, 15) is 4.79 Å². The minimum absolute atomic E-state index is 0.184. The molecular weight excluding hydrogens is 164 g/mol. The molecule has 0 aliphatic carbocycles. The standard InChI is InChI=1S/C11H22O2/c1-7-9(4)11(6,8(2)3)13-10(5)12/h8-9H,7H2,1-6H3. The monoisotopic (exact) mass is 186 g/mol. The highest BCUT2D eigenvalue weighted by molar-refractivity contribution is 5.66. The Hall–Kier alpha value is -0.530. The van der Waals surface area contributed by atoms with E-state index in [1.807, 2.05) is 6.92 Å². The molecule has 2 atom stereocenters. The second-order valence-electron chi connectivity index (χ2n) is 4.24. The topological polar surface area (TPSA) is 26.3 Å². The first kappa shape index (κ1) is 12.5. The molecule has 13 heavy (non-hydrogen) atoms. The third kappa shape index (κ3) is 3.02. The average molecular weight is 186 g/mol. The summed E-state index contributed by atoms with van der Waals surface area (Å²) >= 11 is 0. The van der Waals surface area contributed by atoms with Crippen LogP contribution in [-0.4, -0.2) is 11.6 Å². The maximum atomic E-state index is 11.0. The zero-order chi connectivity index (χ0) is 10.6. The van der Waals surface area contributed by atoms with Gasteiger partial charge in [-0.25, -0.2) is 0 Å². The number of hydrogen-bond acceptors (Lipinski definition) is 2. The van der Waals surface area contributed by atoms with Gasteiger partial charge >= 0.3 is 5.97 Å². The van der Waals surface area contributed by atoms with Gasteiger partial charge in [0.05, 0.1) is 0 Å². The van der Waals surface area contributed by atoms with Crippen molar-refractivity contribution in [2.45, 2.75) is 53.6 Å². The highest BCUT2D eigenvalue weighted by Crippen LogP contribution is 2.32. The molecule has 0 aromatic rings. The molecule has 0 amide bonds. The van der Waals surface area contributed by atoms with Crippen molar-refractivity contribution in [3.8, 4) is 0 Å². The lowest BCUT2D eigenvalue weighted by Crippen LogP contribution is -2.42. The number of ether oxygens (including phenoxy) is 1. The third-order valence-electron chi connectivity index (χ3n) is 3.10. The van der Waals surface area contributed by atoms with Crippen LogP contribution in [0.4, 0.5) is 0 Å². The van der Waals surface area contributed by atoms with Crippen LogP contribution in [0.1, 0.15) is 48.0 Å². The van der Waals surface area contributed by atoms with Crippen LogP contribution < -0.4 is 0 Å². The van der Waals surface area contributed by atoms with E-state index in [0.717, 1.165) is 6.42 Å². The van der Waals surface area contributed by atoms with Crippen molar-refractivity contribution in [2.75, 3.05) is 0 Å². The first-order valence-corrected chi connectivity index (χ1v) is 5.04. The van der Waals surface area contributed by atoms with Crippen molar-refractivity contribution >= 4 is 5.97 Å². The van der Waals surface area contributed by atoms with Crippen molar-refractivity contribution in [1.82, 2.24) is 0 Å². The Labute approximate surface area is 81.7 Å². The van der Waals surface area contributed by atoms with Crippen LogP contribution in [0.25, 0.3) is 0 Å². The summed E-state index contributed by atoms with van der Waals surface area (Å²) in [5.41, 5.74) is -0.319. The molecule has 0 bridgehead atoms. The smallest absolute Gasteiger partial charge is 0.303 e. The summed E-state index contributed by atoms with van der Waals surface area (Å²) in [6.07, 6.45) is 1.03. The molecule has 0 aromatic carbocycles. The average Bonchev–Trinajstić information content (AvgIpc) is 2.01. The van der Waals surface area contributed by atoms with Gasteiger partial charge in [0.25, 0.3) is 0 Å². The predicted molar refractivity (Wildman–Crippen MR) is 54.5 cm³/mol. The fraction of sp³-hybridized carbons (Fsp3) is 0.909. The minimum atomic E-state index is -0.319. The number of hydrogen-bond donors (Lipinski definition) is 0. The Morgan fingerprint density at radius 1 is 1.38 bits per heavy atom. The maximum absolute atomic E-state index is 11.0. The number of carbonyl (C=O) groups is 1. The van der Waals surface area contributed by atoms with E-state index < -0.39 is 0 Å². The molecule has 2 unspecified atom stereocenters. The van der Waals surface area contributed by atoms with Crippen molar-refractivity contribution in [2.24, 2.45) is 11.8 Å². The minimum Gasteiger partial charge on any atom is -0.459 e. The summed E-state index contributed by atoms with van der Waals surface area (Å²) < 4.78 is 5.41. The second-order valence-corrected chi connectivity index (χ2v) is 4.24. The van der Waals surface area contributed by atoms with Crippen LogP contribution >= 0.6 is 0 Å². The fourth-order valence-corrected chi connectivity index (χ4v) is 1.50. The summed E-state index contributed by atoms with van der Waals surface area (Å²) in [6, 6.07) is 0. The predicted octanol–water partition coefficient (Wildman–Crippen LogP) is 3.01. The molecule has 0 saturated carbocycles. The van der Waals surface area contributed by atoms with Crippen molar-refractivity contribution in [3.05, 3.63) is 0 Å². The summed E-state index contributed by atoms with van der Waals surface area (Å²) in [4.78, 5) is 11.0. The van der Waals surface area contributed by atoms with Crippen LogP contribution in [0.2, 0.25) is 0 Å². The van der Waals surface area contributed by atoms with E-state index in [1.165, 1.54) is 6.92 Å². The normalized spacial score (nSPS) is 18.1. The van der Waals surface area contributed by atoms with Crippen LogP contribution in [0.5, 0.6) is 0 Å². The molecule has 0 heterocycles. The van der Waals surface area contributed by atoms with Gasteiger partial charge in [-0.1, -0.05) is 27.7 Å². The molecule has 0 rings (SSSR count). The highest BCUT2D eigenvalue weighted by Gasteiger charge is 2.36. The summed E-state index contributed by atoms with van der Waals surface area (Å²) in [7, 11) is 0. The molecule has 2 nitrogen and oxygen atoms in total. The molecule has 0 saturated heterocycles. The quantitative estimate of drug-likeness (QED) is 0.631. The summed E-state index contributed by atoms with van der Waals surface area (Å²) in [5.74, 6) is 0.569. The van der Waals surface area contributed by atoms with Crippen molar-refractivity contribution < 1.29 is 9.53 Å². The molecule has 0 spiro atoms. The highest BCUT2D eigenvalue weighted by atomic mass is 16.6. The Kier molecular flexibility index (Phi) is 4.45. The van der Waals surface area contributed by atoms with Gasteiger partial charge in [-0.2, -0.15) is 0 Å². The molecular formula is C11H22O2. The molecule has 2 heteroatoms. The number of esters is 1. The molecule has 0 aliphatic rings. The van der Waals surface area contributed by atoms with Gasteiger partial charge in [-0.3, -0.25) is 4.79 Å². The van der Waals surface area contributed by atoms with Gasteiger partial charge in [0.15, 0.2) is 0 Å². The first-order chi connectivity index (χ1) is 5.84. The van der Waals surface area contributed by atoms with E-state index in [1.54, 1.807) is 0 Å². The Morgan fingerprint density at radius 3 is 2.08 bits per heavy atom. The van der Waals surface area contributed by atoms with Gasteiger partial charge in [0.1, 0.15) is 5.60 Å². The lowest BCUT2D eigenvalue weighted by Gasteiger charge is -2.38. The fourth-order valence-electron chi connectivity index (χ4n) is 1.50. The van der Waals surface area contributed by atoms with Crippen molar-refractivity contribution in [1.29, 1.82) is 0 Å². The Balaban J connectivity index is 4.61. The van der Waals surface area contributed by atoms with Crippen molar-refractivity contribution in [3.63, 3.8) is 0 Å². The van der Waals surface area contributed by atoms with Gasteiger partial charge in [0, 0.05) is 6.92 Å². The zero-order valence-electron chi connectivity index (χ0n) is 9.68. The van der Waals surface area contributed by atoms with E-state index in [2.05, 4.69) is 27.7 Å². The molecule has 0 fully saturated rings. The van der Waals surface area contributed by atoms with E-state index in [4.69, 9.17) is 4.74 Å². The van der Waals surface area contributed by atoms with Crippen LogP contribution in [0.15, 0.2) is 0 Å². The number of rotatable bonds is 4. The second kappa shape index (κ2) is 4.64. The molecule has 0 N–H and O–H groups in total. The Bertz CT molecular complexity index is 175. The van der Waals surface area contributed by atoms with Crippen LogP contribution in [-0.2, 0) is 9.53 Å². The SMILES string of the molecule is CCC(C)C(C)(OC(C)=O)C(C)C. The molecule has 0 aromatic heterocycles. The first-order valence-electron chi connectivity index (χ1n) is 5.04. The van der Waals surface area contributed by atoms with E-state index in [0.29, 0.717) is 11.8 Å². The number of carbonyl (C=O) groups excluding carboxylic acids is 1. The Morgan fingerprint density at radius 2 is 1.85 bits per heavy atom. The lowest BCUT2D eigenvalue weighted by atomic mass is 9.79. The molecule has 78 valence electrons. The van der Waals surface area contributed by atoms with Gasteiger partial charge < -0.3 is 4.74 Å². The van der Waals surface area contributed by atoms with E-state index >= 15 is 0 Å². The molecule has 0 radical (unpaired) electrons. The largest absolute Gasteiger partial charge is 0.459 e. The summed E-state index contributed by atoms with van der Waals surface area (Å²) in [6.45, 7) is 11.9. The van der Waals surface area contributed by atoms with Gasteiger partial charge in [-0.05, 0) is 25.2 Å². The zero-order valence-corrected chi connectivity index (χ0v) is 9.68. The molecule has 0 aliphatic heterocycles. The van der Waals surface area contributed by atoms with Crippen LogP contribution in [0.3, 0.4) is 0 Å². The van der Waals surface area contributed by atoms with E-state index in [-0.39, 0.29) is 11.6 Å². The van der Waals surface area contributed by atoms with Crippen LogP contribution in [0, 0.1) is 11.8 Å². The maximum Gasteiger partial charge on any atom is 0.303 e.